The molecule has 0 spiro atoms. The van der Waals surface area contributed by atoms with E-state index < -0.39 is 24.2 Å². The highest BCUT2D eigenvalue weighted by atomic mass is 19.3. The number of amides is 1. The largest absolute Gasteiger partial charge is 0.396 e. The molecule has 33 heavy (non-hydrogen) atoms. The first-order valence-corrected chi connectivity index (χ1v) is 10.8. The number of aryl methyl sites for hydroxylation is 2. The van der Waals surface area contributed by atoms with Crippen LogP contribution in [-0.2, 0) is 11.2 Å². The van der Waals surface area contributed by atoms with Crippen LogP contribution in [0.25, 0.3) is 27.7 Å². The van der Waals surface area contributed by atoms with Crippen molar-refractivity contribution in [2.75, 3.05) is 11.9 Å². The molecule has 1 fully saturated rings. The van der Waals surface area contributed by atoms with E-state index in [-0.39, 0.29) is 12.4 Å². The van der Waals surface area contributed by atoms with Gasteiger partial charge in [-0.15, -0.1) is 0 Å². The maximum absolute atomic E-state index is 13.2. The van der Waals surface area contributed by atoms with E-state index in [1.807, 2.05) is 25.3 Å². The normalized spacial score (nSPS) is 16.9. The Balaban J connectivity index is 1.50. The molecule has 1 saturated carbocycles. The van der Waals surface area contributed by atoms with Gasteiger partial charge in [-0.3, -0.25) is 9.78 Å². The molecule has 10 heteroatoms. The molecule has 4 heterocycles. The fraction of sp³-hybridized carbons (Fsp3) is 0.348. The molecular formula is C23H22F2N6O2. The van der Waals surface area contributed by atoms with Gasteiger partial charge >= 0.3 is 0 Å². The number of halogens is 2. The van der Waals surface area contributed by atoms with Crippen molar-refractivity contribution in [3.8, 4) is 11.1 Å². The predicted molar refractivity (Wildman–Crippen MR) is 118 cm³/mol. The summed E-state index contributed by atoms with van der Waals surface area (Å²) in [5.41, 5.74) is 5.00. The number of carbonyl (C=O) groups is 1. The number of unbranched alkanes of at least 4 members (excludes halogenated alkanes) is 1. The average Bonchev–Trinajstić information content (AvgIpc) is 3.18. The average molecular weight is 452 g/mol. The van der Waals surface area contributed by atoms with Crippen LogP contribution < -0.4 is 5.32 Å². The summed E-state index contributed by atoms with van der Waals surface area (Å²) in [5, 5.41) is 16.5. The van der Waals surface area contributed by atoms with Crippen molar-refractivity contribution >= 4 is 28.3 Å². The molecule has 0 aromatic carbocycles. The van der Waals surface area contributed by atoms with Crippen molar-refractivity contribution in [3.63, 3.8) is 0 Å². The number of anilines is 1. The molecule has 0 unspecified atom stereocenters. The Labute approximate surface area is 187 Å². The molecule has 8 nitrogen and oxygen atoms in total. The minimum atomic E-state index is -2.94. The number of alkyl halides is 2. The van der Waals surface area contributed by atoms with Gasteiger partial charge in [-0.1, -0.05) is 0 Å². The van der Waals surface area contributed by atoms with Gasteiger partial charge in [0.1, 0.15) is 18.1 Å². The summed E-state index contributed by atoms with van der Waals surface area (Å²) >= 11 is 0. The smallest absolute Gasteiger partial charge is 0.260 e. The molecule has 4 aromatic rings. The number of aliphatic hydroxyl groups is 1. The van der Waals surface area contributed by atoms with Crippen LogP contribution in [0.1, 0.15) is 30.5 Å². The summed E-state index contributed by atoms with van der Waals surface area (Å²) < 4.78 is 28.0. The zero-order valence-corrected chi connectivity index (χ0v) is 17.9. The number of aromatic nitrogens is 5. The van der Waals surface area contributed by atoms with Crippen LogP contribution in [0.2, 0.25) is 0 Å². The summed E-state index contributed by atoms with van der Waals surface area (Å²) in [5.74, 6) is -4.79. The number of aliphatic hydroxyl groups excluding tert-OH is 1. The quantitative estimate of drug-likeness (QED) is 0.416. The van der Waals surface area contributed by atoms with Gasteiger partial charge in [0, 0.05) is 53.7 Å². The summed E-state index contributed by atoms with van der Waals surface area (Å²) in [6.45, 7) is 2.18. The second-order valence-electron chi connectivity index (χ2n) is 8.36. The van der Waals surface area contributed by atoms with E-state index in [9.17, 15) is 13.6 Å². The molecule has 0 radical (unpaired) electrons. The Bertz CT molecular complexity index is 1370. The Morgan fingerprint density at radius 2 is 2.00 bits per heavy atom. The number of fused-ring (bicyclic) bond motifs is 3. The van der Waals surface area contributed by atoms with Crippen LogP contribution in [0.4, 0.5) is 14.6 Å². The monoisotopic (exact) mass is 452 g/mol. The maximum Gasteiger partial charge on any atom is 0.260 e. The molecule has 1 aliphatic rings. The first-order valence-electron chi connectivity index (χ1n) is 10.8. The van der Waals surface area contributed by atoms with Gasteiger partial charge in [-0.05, 0) is 43.9 Å². The molecule has 0 bridgehead atoms. The molecular weight excluding hydrogens is 430 g/mol. The molecule has 0 aliphatic heterocycles. The molecule has 170 valence electrons. The third-order valence-electron chi connectivity index (χ3n) is 5.92. The minimum Gasteiger partial charge on any atom is -0.396 e. The van der Waals surface area contributed by atoms with Crippen molar-refractivity contribution in [2.24, 2.45) is 5.92 Å². The minimum absolute atomic E-state index is 0.172. The van der Waals surface area contributed by atoms with E-state index in [1.54, 1.807) is 16.8 Å². The Hall–Kier alpha value is -3.53. The molecule has 1 aliphatic carbocycles. The highest BCUT2D eigenvalue weighted by Gasteiger charge is 2.61. The van der Waals surface area contributed by atoms with Gasteiger partial charge < -0.3 is 10.4 Å². The number of hydrogen-bond acceptors (Lipinski definition) is 6. The number of carbonyl (C=O) groups excluding carboxylic acids is 1. The second kappa shape index (κ2) is 8.11. The highest BCUT2D eigenvalue weighted by Crippen LogP contribution is 2.49. The lowest BCUT2D eigenvalue weighted by Crippen LogP contribution is -2.18. The van der Waals surface area contributed by atoms with Crippen molar-refractivity contribution in [1.29, 1.82) is 0 Å². The Morgan fingerprint density at radius 3 is 2.73 bits per heavy atom. The first-order chi connectivity index (χ1) is 15.9. The molecule has 2 N–H and O–H groups in total. The van der Waals surface area contributed by atoms with E-state index in [1.165, 1.54) is 6.33 Å². The van der Waals surface area contributed by atoms with E-state index in [0.717, 1.165) is 47.0 Å². The topological polar surface area (TPSA) is 105 Å². The number of rotatable bonds is 7. The Morgan fingerprint density at radius 1 is 1.18 bits per heavy atom. The van der Waals surface area contributed by atoms with Crippen molar-refractivity contribution in [3.05, 3.63) is 48.2 Å². The van der Waals surface area contributed by atoms with Crippen LogP contribution >= 0.6 is 0 Å². The number of pyridine rings is 3. The van der Waals surface area contributed by atoms with Crippen LogP contribution in [-0.4, -0.2) is 48.1 Å². The van der Waals surface area contributed by atoms with Crippen molar-refractivity contribution in [2.45, 2.75) is 38.5 Å². The molecule has 0 saturated heterocycles. The van der Waals surface area contributed by atoms with E-state index in [4.69, 9.17) is 5.11 Å². The lowest BCUT2D eigenvalue weighted by Gasteiger charge is -2.12. The van der Waals surface area contributed by atoms with Crippen LogP contribution in [0.15, 0.2) is 36.9 Å². The van der Waals surface area contributed by atoms with E-state index in [2.05, 4.69) is 25.4 Å². The number of nitrogens with zero attached hydrogens (tertiary/aromatic N) is 5. The van der Waals surface area contributed by atoms with E-state index in [0.29, 0.717) is 11.2 Å². The van der Waals surface area contributed by atoms with E-state index >= 15 is 0 Å². The van der Waals surface area contributed by atoms with Crippen molar-refractivity contribution in [1.82, 2.24) is 24.6 Å². The molecule has 5 rings (SSSR count). The van der Waals surface area contributed by atoms with Gasteiger partial charge in [0.05, 0.1) is 5.52 Å². The Kier molecular flexibility index (Phi) is 5.24. The molecule has 1 amide bonds. The van der Waals surface area contributed by atoms with Crippen LogP contribution in [0.5, 0.6) is 0 Å². The fourth-order valence-corrected chi connectivity index (χ4v) is 4.00. The van der Waals surface area contributed by atoms with Gasteiger partial charge in [0.15, 0.2) is 5.65 Å². The molecule has 4 aromatic heterocycles. The summed E-state index contributed by atoms with van der Waals surface area (Å²) in [6.07, 6.45) is 6.81. The first kappa shape index (κ1) is 21.3. The predicted octanol–water partition coefficient (Wildman–Crippen LogP) is 3.56. The van der Waals surface area contributed by atoms with Crippen molar-refractivity contribution < 1.29 is 18.7 Å². The number of hydrogen-bond donors (Lipinski definition) is 2. The third kappa shape index (κ3) is 4.02. The lowest BCUT2D eigenvalue weighted by molar-refractivity contribution is -0.119. The van der Waals surface area contributed by atoms with Crippen LogP contribution in [0, 0.1) is 12.8 Å². The zero-order valence-electron chi connectivity index (χ0n) is 17.9. The summed E-state index contributed by atoms with van der Waals surface area (Å²) in [7, 11) is 0. The van der Waals surface area contributed by atoms with Gasteiger partial charge in [0.25, 0.3) is 5.92 Å². The van der Waals surface area contributed by atoms with Gasteiger partial charge in [-0.25, -0.2) is 23.3 Å². The summed E-state index contributed by atoms with van der Waals surface area (Å²) in [6, 6.07) is 5.57. The van der Waals surface area contributed by atoms with Crippen LogP contribution in [0.3, 0.4) is 0 Å². The van der Waals surface area contributed by atoms with Gasteiger partial charge in [0.2, 0.25) is 5.91 Å². The highest BCUT2D eigenvalue weighted by molar-refractivity contribution is 5.97. The standard InChI is InChI=1S/C23H22F2N6O2/c1-13-6-15(4-2-3-5-32)26-11-17(13)16-7-14-10-27-20(30-22(33)18-9-23(18,24)25)8-19(14)31-21(16)28-12-29-31/h6-8,10-12,18,32H,2-5,9H2,1H3,(H,27,30,33)/t18-/m0/s1. The fourth-order valence-electron chi connectivity index (χ4n) is 4.00. The van der Waals surface area contributed by atoms with Gasteiger partial charge in [-0.2, -0.15) is 5.10 Å². The maximum atomic E-state index is 13.2. The third-order valence-corrected chi connectivity index (χ3v) is 5.92. The second-order valence-corrected chi connectivity index (χ2v) is 8.36. The SMILES string of the molecule is Cc1cc(CCCCO)ncc1-c1cc2cnc(NC(=O)[C@@H]3CC3(F)F)cc2n2ncnc12. The molecule has 1 atom stereocenters. The zero-order chi connectivity index (χ0) is 23.2. The lowest BCUT2D eigenvalue weighted by atomic mass is 10.0. The number of nitrogens with one attached hydrogen (secondary N) is 1. The summed E-state index contributed by atoms with van der Waals surface area (Å²) in [4.78, 5) is 25.3.